The maximum atomic E-state index is 5.70. The number of imidazole rings is 1. The second-order valence-electron chi connectivity index (χ2n) is 4.79. The Morgan fingerprint density at radius 2 is 2.39 bits per heavy atom. The Morgan fingerprint density at radius 3 is 3.17 bits per heavy atom. The number of ether oxygens (including phenoxy) is 1. The first-order chi connectivity index (χ1) is 8.85. The number of benzene rings is 1. The van der Waals surface area contributed by atoms with Crippen molar-refractivity contribution in [3.8, 4) is 0 Å². The topological polar surface area (TPSA) is 49.9 Å². The van der Waals surface area contributed by atoms with Crippen molar-refractivity contribution < 1.29 is 4.74 Å². The lowest BCUT2D eigenvalue weighted by molar-refractivity contribution is 0.0282. The van der Waals surface area contributed by atoms with Crippen LogP contribution in [0.1, 0.15) is 18.3 Å². The van der Waals surface area contributed by atoms with E-state index in [0.717, 1.165) is 49.4 Å². The first-order valence-corrected chi connectivity index (χ1v) is 6.65. The van der Waals surface area contributed by atoms with Crippen LogP contribution in [0.15, 0.2) is 18.2 Å². The highest BCUT2D eigenvalue weighted by molar-refractivity contribution is 5.75. The van der Waals surface area contributed by atoms with E-state index >= 15 is 0 Å². The summed E-state index contributed by atoms with van der Waals surface area (Å²) in [6.45, 7) is 4.83. The van der Waals surface area contributed by atoms with Crippen molar-refractivity contribution in [2.24, 2.45) is 0 Å². The average molecular weight is 245 g/mol. The molecule has 4 nitrogen and oxygen atoms in total. The molecule has 1 aliphatic heterocycles. The summed E-state index contributed by atoms with van der Waals surface area (Å²) < 4.78 is 5.70. The van der Waals surface area contributed by atoms with Gasteiger partial charge in [-0.15, -0.1) is 0 Å². The molecule has 4 heteroatoms. The lowest BCUT2D eigenvalue weighted by Crippen LogP contribution is -2.39. The van der Waals surface area contributed by atoms with Crippen LogP contribution in [0.2, 0.25) is 0 Å². The number of aryl methyl sites for hydroxylation is 1. The van der Waals surface area contributed by atoms with Crippen molar-refractivity contribution in [2.45, 2.75) is 25.9 Å². The van der Waals surface area contributed by atoms with E-state index in [1.165, 1.54) is 5.56 Å². The zero-order chi connectivity index (χ0) is 12.4. The van der Waals surface area contributed by atoms with Crippen LogP contribution in [0.25, 0.3) is 11.0 Å². The van der Waals surface area contributed by atoms with Crippen molar-refractivity contribution in [1.29, 1.82) is 0 Å². The quantitative estimate of drug-likeness (QED) is 0.864. The van der Waals surface area contributed by atoms with Crippen molar-refractivity contribution >= 4 is 11.0 Å². The van der Waals surface area contributed by atoms with E-state index in [4.69, 9.17) is 4.74 Å². The summed E-state index contributed by atoms with van der Waals surface area (Å²) >= 11 is 0. The molecule has 2 aromatic rings. The van der Waals surface area contributed by atoms with Crippen LogP contribution in [-0.4, -0.2) is 35.8 Å². The minimum Gasteiger partial charge on any atom is -0.375 e. The van der Waals surface area contributed by atoms with Crippen LogP contribution < -0.4 is 5.32 Å². The highest BCUT2D eigenvalue weighted by atomic mass is 16.5. The second-order valence-corrected chi connectivity index (χ2v) is 4.79. The van der Waals surface area contributed by atoms with Crippen LogP contribution >= 0.6 is 0 Å². The Kier molecular flexibility index (Phi) is 3.30. The molecule has 0 aliphatic carbocycles. The Balaban J connectivity index is 1.79. The number of aromatic nitrogens is 2. The Labute approximate surface area is 107 Å². The Hall–Kier alpha value is -1.39. The van der Waals surface area contributed by atoms with Crippen LogP contribution in [0.5, 0.6) is 0 Å². The molecule has 0 bridgehead atoms. The van der Waals surface area contributed by atoms with E-state index in [9.17, 15) is 0 Å². The SMILES string of the molecule is CCc1ccc2nc(CC3CNCCO3)[nH]c2c1. The number of aromatic amines is 1. The maximum Gasteiger partial charge on any atom is 0.109 e. The molecule has 18 heavy (non-hydrogen) atoms. The van der Waals surface area contributed by atoms with Gasteiger partial charge in [-0.1, -0.05) is 13.0 Å². The summed E-state index contributed by atoms with van der Waals surface area (Å²) in [6, 6.07) is 6.42. The molecule has 1 aromatic heterocycles. The molecule has 0 spiro atoms. The van der Waals surface area contributed by atoms with Crippen LogP contribution in [0.3, 0.4) is 0 Å². The molecule has 0 amide bonds. The van der Waals surface area contributed by atoms with E-state index in [2.05, 4.69) is 40.4 Å². The minimum absolute atomic E-state index is 0.241. The van der Waals surface area contributed by atoms with E-state index in [1.807, 2.05) is 0 Å². The van der Waals surface area contributed by atoms with E-state index < -0.39 is 0 Å². The zero-order valence-electron chi connectivity index (χ0n) is 10.7. The Morgan fingerprint density at radius 1 is 1.44 bits per heavy atom. The van der Waals surface area contributed by atoms with Crippen molar-refractivity contribution in [3.63, 3.8) is 0 Å². The highest BCUT2D eigenvalue weighted by Gasteiger charge is 2.15. The molecule has 1 saturated heterocycles. The van der Waals surface area contributed by atoms with E-state index in [1.54, 1.807) is 0 Å². The second kappa shape index (κ2) is 5.08. The third-order valence-corrected chi connectivity index (χ3v) is 3.43. The fourth-order valence-corrected chi connectivity index (χ4v) is 2.39. The predicted molar refractivity (Wildman–Crippen MR) is 71.8 cm³/mol. The number of fused-ring (bicyclic) bond motifs is 1. The molecule has 2 N–H and O–H groups in total. The lowest BCUT2D eigenvalue weighted by atomic mass is 10.1. The summed E-state index contributed by atoms with van der Waals surface area (Å²) in [5.74, 6) is 1.02. The van der Waals surface area contributed by atoms with Crippen molar-refractivity contribution in [1.82, 2.24) is 15.3 Å². The number of rotatable bonds is 3. The molecule has 1 aromatic carbocycles. The molecule has 1 unspecified atom stereocenters. The molecule has 2 heterocycles. The van der Waals surface area contributed by atoms with Gasteiger partial charge < -0.3 is 15.0 Å². The molecule has 0 saturated carbocycles. The van der Waals surface area contributed by atoms with Crippen LogP contribution in [0, 0.1) is 0 Å². The van der Waals surface area contributed by atoms with Crippen molar-refractivity contribution in [3.05, 3.63) is 29.6 Å². The van der Waals surface area contributed by atoms with Gasteiger partial charge in [0.1, 0.15) is 5.82 Å². The minimum atomic E-state index is 0.241. The molecule has 1 aliphatic rings. The van der Waals surface area contributed by atoms with E-state index in [-0.39, 0.29) is 6.10 Å². The van der Waals surface area contributed by atoms with Gasteiger partial charge in [-0.3, -0.25) is 0 Å². The Bertz CT molecular complexity index is 529. The molecule has 1 atom stereocenters. The fraction of sp³-hybridized carbons (Fsp3) is 0.500. The number of hydrogen-bond acceptors (Lipinski definition) is 3. The van der Waals surface area contributed by atoms with Gasteiger partial charge in [0.15, 0.2) is 0 Å². The van der Waals surface area contributed by atoms with Gasteiger partial charge in [0, 0.05) is 19.5 Å². The lowest BCUT2D eigenvalue weighted by Gasteiger charge is -2.22. The highest BCUT2D eigenvalue weighted by Crippen LogP contribution is 2.15. The predicted octanol–water partition coefficient (Wildman–Crippen LogP) is 1.66. The molecular weight excluding hydrogens is 226 g/mol. The molecular formula is C14H19N3O. The van der Waals surface area contributed by atoms with Gasteiger partial charge in [-0.25, -0.2) is 4.98 Å². The van der Waals surface area contributed by atoms with Gasteiger partial charge >= 0.3 is 0 Å². The normalized spacial score (nSPS) is 20.4. The summed E-state index contributed by atoms with van der Waals surface area (Å²) in [7, 11) is 0. The first kappa shape index (κ1) is 11.7. The monoisotopic (exact) mass is 245 g/mol. The van der Waals surface area contributed by atoms with Crippen molar-refractivity contribution in [2.75, 3.05) is 19.7 Å². The summed E-state index contributed by atoms with van der Waals surface area (Å²) in [6.07, 6.45) is 2.15. The number of morpholine rings is 1. The first-order valence-electron chi connectivity index (χ1n) is 6.65. The van der Waals surface area contributed by atoms with Gasteiger partial charge in [0.25, 0.3) is 0 Å². The summed E-state index contributed by atoms with van der Waals surface area (Å²) in [4.78, 5) is 8.02. The number of nitrogens with one attached hydrogen (secondary N) is 2. The fourth-order valence-electron chi connectivity index (χ4n) is 2.39. The zero-order valence-corrected chi connectivity index (χ0v) is 10.7. The maximum absolute atomic E-state index is 5.70. The molecule has 0 radical (unpaired) electrons. The number of H-pyrrole nitrogens is 1. The summed E-state index contributed by atoms with van der Waals surface area (Å²) in [5, 5.41) is 3.34. The molecule has 96 valence electrons. The summed E-state index contributed by atoms with van der Waals surface area (Å²) in [5.41, 5.74) is 3.52. The van der Waals surface area contributed by atoms with Gasteiger partial charge in [-0.2, -0.15) is 0 Å². The molecule has 3 rings (SSSR count). The van der Waals surface area contributed by atoms with Gasteiger partial charge in [-0.05, 0) is 24.1 Å². The number of hydrogen-bond donors (Lipinski definition) is 2. The largest absolute Gasteiger partial charge is 0.375 e. The van der Waals surface area contributed by atoms with Gasteiger partial charge in [0.2, 0.25) is 0 Å². The number of nitrogens with zero attached hydrogens (tertiary/aromatic N) is 1. The van der Waals surface area contributed by atoms with E-state index in [0.29, 0.717) is 0 Å². The third-order valence-electron chi connectivity index (χ3n) is 3.43. The van der Waals surface area contributed by atoms with Gasteiger partial charge in [0.05, 0.1) is 23.7 Å². The van der Waals surface area contributed by atoms with Crippen LogP contribution in [0.4, 0.5) is 0 Å². The molecule has 1 fully saturated rings. The standard InChI is InChI=1S/C14H19N3O/c1-2-10-3-4-12-13(7-10)17-14(16-12)8-11-9-15-5-6-18-11/h3-4,7,11,15H,2,5-6,8-9H2,1H3,(H,16,17). The smallest absolute Gasteiger partial charge is 0.109 e. The third kappa shape index (κ3) is 2.40. The average Bonchev–Trinajstić information content (AvgIpc) is 2.80. The van der Waals surface area contributed by atoms with Crippen LogP contribution in [-0.2, 0) is 17.6 Å².